The molecule has 1 unspecified atom stereocenters. The Labute approximate surface area is 135 Å². The first-order valence-corrected chi connectivity index (χ1v) is 8.41. The van der Waals surface area contributed by atoms with E-state index < -0.39 is 0 Å². The first-order chi connectivity index (χ1) is 10.1. The van der Waals surface area contributed by atoms with Crippen molar-refractivity contribution in [2.45, 2.75) is 52.6 Å². The number of rotatable bonds is 7. The van der Waals surface area contributed by atoms with Crippen LogP contribution in [0.15, 0.2) is 27.4 Å². The third kappa shape index (κ3) is 3.40. The van der Waals surface area contributed by atoms with Gasteiger partial charge in [0.05, 0.1) is 28.7 Å². The van der Waals surface area contributed by atoms with E-state index in [0.717, 1.165) is 35.3 Å². The molecule has 0 fully saturated rings. The Morgan fingerprint density at radius 3 is 2.76 bits per heavy atom. The summed E-state index contributed by atoms with van der Waals surface area (Å²) in [6, 6.07) is 2.48. The summed E-state index contributed by atoms with van der Waals surface area (Å²) < 4.78 is 8.74. The highest BCUT2D eigenvalue weighted by atomic mass is 79.9. The molecular weight excluding hydrogens is 330 g/mol. The lowest BCUT2D eigenvalue weighted by Crippen LogP contribution is -2.27. The van der Waals surface area contributed by atoms with Crippen LogP contribution in [0, 0.1) is 0 Å². The van der Waals surface area contributed by atoms with Gasteiger partial charge in [0, 0.05) is 18.0 Å². The van der Waals surface area contributed by atoms with Gasteiger partial charge in [0.2, 0.25) is 0 Å². The standard InChI is InChI=1S/C16H24BrN3O/c1-5-8-18-15(12-7-9-21-14(12)6-2)16-13(17)10-19-20(16)11(3)4/h7,9-11,15,18H,5-6,8H2,1-4H3. The van der Waals surface area contributed by atoms with Crippen LogP contribution in [-0.4, -0.2) is 16.3 Å². The van der Waals surface area contributed by atoms with Gasteiger partial charge in [-0.3, -0.25) is 4.68 Å². The van der Waals surface area contributed by atoms with Crippen molar-refractivity contribution in [3.05, 3.63) is 40.0 Å². The quantitative estimate of drug-likeness (QED) is 0.798. The summed E-state index contributed by atoms with van der Waals surface area (Å²) in [4.78, 5) is 0. The predicted octanol–water partition coefficient (Wildman–Crippen LogP) is 4.47. The molecule has 0 aromatic carbocycles. The van der Waals surface area contributed by atoms with Gasteiger partial charge < -0.3 is 9.73 Å². The Morgan fingerprint density at radius 2 is 2.14 bits per heavy atom. The van der Waals surface area contributed by atoms with E-state index in [1.165, 1.54) is 5.56 Å². The third-order valence-electron chi connectivity index (χ3n) is 3.56. The van der Waals surface area contributed by atoms with Crippen LogP contribution in [-0.2, 0) is 6.42 Å². The first-order valence-electron chi connectivity index (χ1n) is 7.62. The van der Waals surface area contributed by atoms with Crippen LogP contribution in [0.1, 0.15) is 63.2 Å². The number of nitrogens with zero attached hydrogens (tertiary/aromatic N) is 2. The highest BCUT2D eigenvalue weighted by Gasteiger charge is 2.25. The zero-order chi connectivity index (χ0) is 15.4. The zero-order valence-electron chi connectivity index (χ0n) is 13.2. The number of nitrogens with one attached hydrogen (secondary N) is 1. The molecule has 0 spiro atoms. The molecule has 0 aliphatic heterocycles. The normalized spacial score (nSPS) is 13.0. The molecule has 2 aromatic rings. The maximum absolute atomic E-state index is 5.63. The van der Waals surface area contributed by atoms with Crippen molar-refractivity contribution < 1.29 is 4.42 Å². The molecule has 0 saturated heterocycles. The van der Waals surface area contributed by atoms with E-state index in [9.17, 15) is 0 Å². The summed E-state index contributed by atoms with van der Waals surface area (Å²) in [6.45, 7) is 9.55. The number of furan rings is 1. The van der Waals surface area contributed by atoms with Gasteiger partial charge in [-0.15, -0.1) is 0 Å². The van der Waals surface area contributed by atoms with Gasteiger partial charge in [-0.2, -0.15) is 5.10 Å². The highest BCUT2D eigenvalue weighted by Crippen LogP contribution is 2.32. The van der Waals surface area contributed by atoms with Crippen molar-refractivity contribution in [3.8, 4) is 0 Å². The minimum Gasteiger partial charge on any atom is -0.469 e. The molecular formula is C16H24BrN3O. The summed E-state index contributed by atoms with van der Waals surface area (Å²) in [7, 11) is 0. The van der Waals surface area contributed by atoms with Crippen LogP contribution >= 0.6 is 15.9 Å². The summed E-state index contributed by atoms with van der Waals surface area (Å²) in [6.07, 6.45) is 5.63. The molecule has 0 radical (unpaired) electrons. The second-order valence-corrected chi connectivity index (χ2v) is 6.31. The molecule has 0 bridgehead atoms. The van der Waals surface area contributed by atoms with Gasteiger partial charge in [0.25, 0.3) is 0 Å². The molecule has 0 aliphatic carbocycles. The van der Waals surface area contributed by atoms with Crippen molar-refractivity contribution in [3.63, 3.8) is 0 Å². The highest BCUT2D eigenvalue weighted by molar-refractivity contribution is 9.10. The van der Waals surface area contributed by atoms with E-state index in [0.29, 0.717) is 6.04 Å². The smallest absolute Gasteiger partial charge is 0.108 e. The Hall–Kier alpha value is -1.07. The molecule has 5 heteroatoms. The van der Waals surface area contributed by atoms with Crippen LogP contribution in [0.4, 0.5) is 0 Å². The van der Waals surface area contributed by atoms with E-state index in [4.69, 9.17) is 4.42 Å². The van der Waals surface area contributed by atoms with E-state index in [2.05, 4.69) is 64.8 Å². The minimum atomic E-state index is 0.0953. The fourth-order valence-electron chi connectivity index (χ4n) is 2.57. The summed E-state index contributed by atoms with van der Waals surface area (Å²) >= 11 is 3.66. The number of halogens is 1. The lowest BCUT2D eigenvalue weighted by molar-refractivity contribution is 0.459. The zero-order valence-corrected chi connectivity index (χ0v) is 14.8. The maximum atomic E-state index is 5.63. The SMILES string of the molecule is CCCNC(c1ccoc1CC)c1c(Br)cnn1C(C)C. The number of aromatic nitrogens is 2. The first kappa shape index (κ1) is 16.3. The molecule has 116 valence electrons. The Morgan fingerprint density at radius 1 is 1.38 bits per heavy atom. The largest absolute Gasteiger partial charge is 0.469 e. The molecule has 1 N–H and O–H groups in total. The molecule has 0 amide bonds. The monoisotopic (exact) mass is 353 g/mol. The van der Waals surface area contributed by atoms with Gasteiger partial charge in [-0.25, -0.2) is 0 Å². The second kappa shape index (κ2) is 7.27. The van der Waals surface area contributed by atoms with Gasteiger partial charge in [-0.05, 0) is 48.8 Å². The number of aryl methyl sites for hydroxylation is 1. The third-order valence-corrected chi connectivity index (χ3v) is 4.17. The summed E-state index contributed by atoms with van der Waals surface area (Å²) in [5.41, 5.74) is 2.36. The molecule has 1 atom stereocenters. The molecule has 2 aromatic heterocycles. The van der Waals surface area contributed by atoms with Crippen molar-refractivity contribution in [1.29, 1.82) is 0 Å². The van der Waals surface area contributed by atoms with E-state index in [1.807, 2.05) is 6.20 Å². The van der Waals surface area contributed by atoms with Crippen molar-refractivity contribution >= 4 is 15.9 Å². The predicted molar refractivity (Wildman–Crippen MR) is 88.5 cm³/mol. The lowest BCUT2D eigenvalue weighted by atomic mass is 10.0. The van der Waals surface area contributed by atoms with Crippen LogP contribution in [0.2, 0.25) is 0 Å². The van der Waals surface area contributed by atoms with Crippen molar-refractivity contribution in [2.75, 3.05) is 6.54 Å². The number of hydrogen-bond acceptors (Lipinski definition) is 3. The van der Waals surface area contributed by atoms with Crippen molar-refractivity contribution in [1.82, 2.24) is 15.1 Å². The Bertz CT molecular complexity index is 574. The molecule has 21 heavy (non-hydrogen) atoms. The molecule has 2 rings (SSSR count). The average Bonchev–Trinajstić information content (AvgIpc) is 3.07. The van der Waals surface area contributed by atoms with Crippen LogP contribution in [0.3, 0.4) is 0 Å². The van der Waals surface area contributed by atoms with Gasteiger partial charge >= 0.3 is 0 Å². The lowest BCUT2D eigenvalue weighted by Gasteiger charge is -2.22. The molecule has 0 saturated carbocycles. The molecule has 2 heterocycles. The average molecular weight is 354 g/mol. The van der Waals surface area contributed by atoms with Crippen LogP contribution in [0.25, 0.3) is 0 Å². The van der Waals surface area contributed by atoms with Crippen LogP contribution in [0.5, 0.6) is 0 Å². The van der Waals surface area contributed by atoms with Gasteiger partial charge in [-0.1, -0.05) is 13.8 Å². The van der Waals surface area contributed by atoms with E-state index >= 15 is 0 Å². The molecule has 0 aliphatic rings. The summed E-state index contributed by atoms with van der Waals surface area (Å²) in [5, 5.41) is 8.14. The fourth-order valence-corrected chi connectivity index (χ4v) is 3.07. The van der Waals surface area contributed by atoms with E-state index in [1.54, 1.807) is 6.26 Å². The Kier molecular flexibility index (Phi) is 5.65. The minimum absolute atomic E-state index is 0.0953. The Balaban J connectivity index is 2.48. The van der Waals surface area contributed by atoms with Crippen molar-refractivity contribution in [2.24, 2.45) is 0 Å². The molecule has 4 nitrogen and oxygen atoms in total. The second-order valence-electron chi connectivity index (χ2n) is 5.46. The maximum Gasteiger partial charge on any atom is 0.108 e. The number of hydrogen-bond donors (Lipinski definition) is 1. The van der Waals surface area contributed by atoms with Gasteiger partial charge in [0.1, 0.15) is 5.76 Å². The topological polar surface area (TPSA) is 43.0 Å². The van der Waals surface area contributed by atoms with Gasteiger partial charge in [0.15, 0.2) is 0 Å². The van der Waals surface area contributed by atoms with Crippen LogP contribution < -0.4 is 5.32 Å². The van der Waals surface area contributed by atoms with E-state index in [-0.39, 0.29) is 6.04 Å². The fraction of sp³-hybridized carbons (Fsp3) is 0.562. The summed E-state index contributed by atoms with van der Waals surface area (Å²) in [5.74, 6) is 1.03.